The number of nitrogens with zero attached hydrogens (tertiary/aromatic N) is 4. The van der Waals surface area contributed by atoms with Crippen LogP contribution in [0, 0.1) is 48.8 Å². The van der Waals surface area contributed by atoms with Crippen molar-refractivity contribution in [2.45, 2.75) is 92.3 Å². The third-order valence-electron chi connectivity index (χ3n) is 8.29. The fourth-order valence-corrected chi connectivity index (χ4v) is 6.01. The Morgan fingerprint density at radius 3 is 1.35 bits per heavy atom. The molecular formula is C30H52Ag2Cl2N4O2. The van der Waals surface area contributed by atoms with Gasteiger partial charge in [-0.2, -0.15) is 0 Å². The summed E-state index contributed by atoms with van der Waals surface area (Å²) in [6.07, 6.45) is 16.6. The molecule has 2 heterocycles. The second-order valence-corrected chi connectivity index (χ2v) is 14.6. The zero-order valence-corrected chi connectivity index (χ0v) is 30.0. The van der Waals surface area contributed by atoms with Crippen LogP contribution < -0.4 is 0 Å². The molecule has 240 valence electrons. The molecule has 0 aromatic heterocycles. The van der Waals surface area contributed by atoms with Crippen molar-refractivity contribution in [3.8, 4) is 0 Å². The van der Waals surface area contributed by atoms with Crippen LogP contribution >= 0.6 is 18.4 Å². The van der Waals surface area contributed by atoms with Crippen molar-refractivity contribution >= 4 is 18.4 Å². The monoisotopic (exact) mass is 784 g/mol. The third-order valence-corrected chi connectivity index (χ3v) is 8.29. The van der Waals surface area contributed by atoms with Crippen molar-refractivity contribution in [1.82, 2.24) is 19.6 Å². The van der Waals surface area contributed by atoms with Crippen molar-refractivity contribution in [2.24, 2.45) is 35.5 Å². The van der Waals surface area contributed by atoms with Crippen LogP contribution in [0.2, 0.25) is 0 Å². The zero-order valence-electron chi connectivity index (χ0n) is 25.5. The molecule has 0 unspecified atom stereocenters. The number of ether oxygens (including phenoxy) is 2. The van der Waals surface area contributed by atoms with E-state index in [-0.39, 0.29) is 40.0 Å². The van der Waals surface area contributed by atoms with Crippen LogP contribution in [-0.2, 0) is 49.4 Å². The molecule has 0 saturated heterocycles. The van der Waals surface area contributed by atoms with E-state index in [1.165, 1.54) is 38.5 Å². The third kappa shape index (κ3) is 14.0. The van der Waals surface area contributed by atoms with Crippen molar-refractivity contribution in [1.29, 1.82) is 0 Å². The molecule has 0 aromatic rings. The first-order valence-corrected chi connectivity index (χ1v) is 18.3. The molecule has 0 amide bonds. The zero-order chi connectivity index (χ0) is 28.9. The van der Waals surface area contributed by atoms with Crippen molar-refractivity contribution in [3.05, 3.63) is 38.1 Å². The molecule has 0 N–H and O–H groups in total. The summed E-state index contributed by atoms with van der Waals surface area (Å²) >= 11 is 0.0144. The van der Waals surface area contributed by atoms with Gasteiger partial charge in [0.2, 0.25) is 13.3 Å². The van der Waals surface area contributed by atoms with E-state index in [0.29, 0.717) is 49.3 Å². The minimum atomic E-state index is 0. The van der Waals surface area contributed by atoms with Crippen LogP contribution in [0.15, 0.2) is 24.8 Å². The minimum absolute atomic E-state index is 0. The predicted molar refractivity (Wildman–Crippen MR) is 158 cm³/mol. The SMILES string of the molecule is CC(C)[C@@H]1CC[C@@H](C)C[C@H]1OCN1[C]N(C)C=C1.CC(C)[C@@H]1CC[C@@H](C)C[C@H]1OCN1[C]N(C)C=C1.[Ag+].[Cl][Ag-][Cl]. The van der Waals surface area contributed by atoms with Crippen molar-refractivity contribution in [2.75, 3.05) is 27.6 Å². The van der Waals surface area contributed by atoms with Gasteiger partial charge in [-0.05, 0) is 61.2 Å². The molecule has 2 aliphatic heterocycles. The van der Waals surface area contributed by atoms with Crippen LogP contribution in [0.1, 0.15) is 80.1 Å². The van der Waals surface area contributed by atoms with Crippen LogP contribution in [-0.4, -0.2) is 59.4 Å². The average Bonchev–Trinajstić information content (AvgIpc) is 3.49. The molecule has 4 radical (unpaired) electrons. The first kappa shape index (κ1) is 38.7. The summed E-state index contributed by atoms with van der Waals surface area (Å²) in [4.78, 5) is 7.81. The quantitative estimate of drug-likeness (QED) is 0.235. The second-order valence-electron chi connectivity index (χ2n) is 12.3. The summed E-state index contributed by atoms with van der Waals surface area (Å²) in [5, 5.41) is 0. The van der Waals surface area contributed by atoms with Gasteiger partial charge in [-0.25, -0.2) is 0 Å². The van der Waals surface area contributed by atoms with Gasteiger partial charge < -0.3 is 29.1 Å². The van der Waals surface area contributed by atoms with E-state index >= 15 is 0 Å². The molecule has 0 aromatic carbocycles. The van der Waals surface area contributed by atoms with Crippen LogP contribution in [0.25, 0.3) is 0 Å². The first-order chi connectivity index (χ1) is 18.5. The summed E-state index contributed by atoms with van der Waals surface area (Å²) in [6.45, 7) is 21.6. The molecule has 2 fully saturated rings. The Bertz CT molecular complexity index is 676. The van der Waals surface area contributed by atoms with Crippen molar-refractivity contribution in [3.63, 3.8) is 0 Å². The summed E-state index contributed by atoms with van der Waals surface area (Å²) in [6, 6.07) is 0. The summed E-state index contributed by atoms with van der Waals surface area (Å²) in [7, 11) is 13.6. The van der Waals surface area contributed by atoms with Gasteiger partial charge in [-0.3, -0.25) is 0 Å². The van der Waals surface area contributed by atoms with Gasteiger partial charge in [-0.1, -0.05) is 54.4 Å². The Labute approximate surface area is 279 Å². The van der Waals surface area contributed by atoms with Gasteiger partial charge in [0.1, 0.15) is 13.5 Å². The predicted octanol–water partition coefficient (Wildman–Crippen LogP) is 7.65. The molecule has 0 spiro atoms. The molecule has 2 saturated carbocycles. The standard InChI is InChI=1S/2C15H26N2O.2Ag.2ClH/c2*1-12(2)14-6-5-13(3)9-15(14)18-11-17-8-7-16(4)10-17;;;;/h2*7-8,12-15H,5-6,9,11H2,1-4H3;;;2*1H/q;;2*+1;;/p-2/t2*13-,14+,15-;;;;/m11..../s1. The van der Waals surface area contributed by atoms with Crippen molar-refractivity contribution < 1.29 is 49.4 Å². The molecule has 4 aliphatic rings. The molecule has 2 aliphatic carbocycles. The van der Waals surface area contributed by atoms with E-state index in [2.05, 4.69) is 54.9 Å². The molecule has 10 heteroatoms. The summed E-state index contributed by atoms with van der Waals surface area (Å²) < 4.78 is 12.3. The molecule has 4 rings (SSSR count). The normalized spacial score (nSPS) is 29.9. The molecule has 40 heavy (non-hydrogen) atoms. The number of hydrogen-bond donors (Lipinski definition) is 0. The average molecular weight is 787 g/mol. The number of hydrogen-bond acceptors (Lipinski definition) is 6. The van der Waals surface area contributed by atoms with Crippen LogP contribution in [0.5, 0.6) is 0 Å². The summed E-state index contributed by atoms with van der Waals surface area (Å²) in [5.74, 6) is 4.46. The topological polar surface area (TPSA) is 31.4 Å². The van der Waals surface area contributed by atoms with Crippen LogP contribution in [0.3, 0.4) is 0 Å². The molecular weight excluding hydrogens is 735 g/mol. The number of rotatable bonds is 8. The van der Waals surface area contributed by atoms with E-state index in [1.54, 1.807) is 0 Å². The Morgan fingerprint density at radius 1 is 0.725 bits per heavy atom. The Morgan fingerprint density at radius 2 is 1.07 bits per heavy atom. The van der Waals surface area contributed by atoms with Crippen LogP contribution in [0.4, 0.5) is 0 Å². The first-order valence-electron chi connectivity index (χ1n) is 14.5. The second kappa shape index (κ2) is 20.6. The van der Waals surface area contributed by atoms with Gasteiger partial charge in [0.15, 0.2) is 0 Å². The maximum atomic E-state index is 6.15. The van der Waals surface area contributed by atoms with Gasteiger partial charge in [-0.15, -0.1) is 0 Å². The van der Waals surface area contributed by atoms with E-state index < -0.39 is 0 Å². The van der Waals surface area contributed by atoms with Gasteiger partial charge in [0.05, 0.1) is 12.2 Å². The van der Waals surface area contributed by atoms with E-state index in [9.17, 15) is 0 Å². The van der Waals surface area contributed by atoms with Gasteiger partial charge >= 0.3 is 58.4 Å². The molecule has 6 nitrogen and oxygen atoms in total. The van der Waals surface area contributed by atoms with E-state index in [0.717, 1.165) is 11.8 Å². The fraction of sp³-hybridized carbons (Fsp3) is 0.800. The van der Waals surface area contributed by atoms with Gasteiger partial charge in [0, 0.05) is 38.9 Å². The summed E-state index contributed by atoms with van der Waals surface area (Å²) in [5.41, 5.74) is 0. The van der Waals surface area contributed by atoms with Gasteiger partial charge in [0.25, 0.3) is 0 Å². The fourth-order valence-electron chi connectivity index (χ4n) is 6.01. The Balaban J connectivity index is 0.000000356. The maximum absolute atomic E-state index is 6.15. The molecule has 0 bridgehead atoms. The number of halogens is 2. The van der Waals surface area contributed by atoms with E-state index in [1.807, 2.05) is 58.5 Å². The van der Waals surface area contributed by atoms with E-state index in [4.69, 9.17) is 27.9 Å². The molecule has 6 atom stereocenters. The Kier molecular flexibility index (Phi) is 19.9. The Hall–Kier alpha value is 0.661.